The van der Waals surface area contributed by atoms with Gasteiger partial charge in [0.1, 0.15) is 5.75 Å². The smallest absolute Gasteiger partial charge is 0.253 e. The topological polar surface area (TPSA) is 29.5 Å². The van der Waals surface area contributed by atoms with Crippen LogP contribution in [0.3, 0.4) is 0 Å². The van der Waals surface area contributed by atoms with Crippen LogP contribution in [0.25, 0.3) is 0 Å². The Balaban J connectivity index is 2.24. The number of likely N-dealkylation sites (tertiary alicyclic amines) is 1. The molecule has 0 bridgehead atoms. The largest absolute Gasteiger partial charge is 0.496 e. The van der Waals surface area contributed by atoms with Gasteiger partial charge >= 0.3 is 0 Å². The van der Waals surface area contributed by atoms with E-state index in [2.05, 4.69) is 0 Å². The average Bonchev–Trinajstić information content (AvgIpc) is 2.15. The van der Waals surface area contributed by atoms with Gasteiger partial charge in [-0.25, -0.2) is 0 Å². The fourth-order valence-electron chi connectivity index (χ4n) is 1.65. The number of hydrogen-bond acceptors (Lipinski definition) is 2. The molecule has 0 saturated carbocycles. The Bertz CT molecular complexity index is 383. The molecule has 1 aromatic carbocycles. The molecule has 0 atom stereocenters. The minimum Gasteiger partial charge on any atom is -0.496 e. The second-order valence-corrected chi connectivity index (χ2v) is 3.83. The van der Waals surface area contributed by atoms with Crippen molar-refractivity contribution in [2.45, 2.75) is 13.3 Å². The highest BCUT2D eigenvalue weighted by Gasteiger charge is 2.21. The minimum absolute atomic E-state index is 0.111. The zero-order chi connectivity index (χ0) is 10.8. The lowest BCUT2D eigenvalue weighted by Crippen LogP contribution is -2.42. The molecule has 1 amide bonds. The van der Waals surface area contributed by atoms with E-state index in [9.17, 15) is 4.79 Å². The van der Waals surface area contributed by atoms with Crippen LogP contribution in [0.1, 0.15) is 22.3 Å². The molecule has 15 heavy (non-hydrogen) atoms. The van der Waals surface area contributed by atoms with Crippen molar-refractivity contribution < 1.29 is 9.53 Å². The average molecular weight is 205 g/mol. The SMILES string of the molecule is COc1cc(C(=O)N2CCC2)ccc1C. The third kappa shape index (κ3) is 1.82. The summed E-state index contributed by atoms with van der Waals surface area (Å²) in [5, 5.41) is 0. The van der Waals surface area contributed by atoms with Crippen LogP contribution in [0.2, 0.25) is 0 Å². The first-order valence-corrected chi connectivity index (χ1v) is 5.16. The van der Waals surface area contributed by atoms with Crippen LogP contribution in [0.5, 0.6) is 5.75 Å². The summed E-state index contributed by atoms with van der Waals surface area (Å²) in [7, 11) is 1.63. The number of ether oxygens (including phenoxy) is 1. The quantitative estimate of drug-likeness (QED) is 0.737. The number of hydrogen-bond donors (Lipinski definition) is 0. The molecule has 3 heteroatoms. The lowest BCUT2D eigenvalue weighted by molar-refractivity contribution is 0.0651. The van der Waals surface area contributed by atoms with Crippen molar-refractivity contribution in [1.82, 2.24) is 4.90 Å². The van der Waals surface area contributed by atoms with E-state index in [0.717, 1.165) is 36.4 Å². The summed E-state index contributed by atoms with van der Waals surface area (Å²) >= 11 is 0. The van der Waals surface area contributed by atoms with Crippen LogP contribution in [-0.2, 0) is 0 Å². The minimum atomic E-state index is 0.111. The van der Waals surface area contributed by atoms with Crippen molar-refractivity contribution in [1.29, 1.82) is 0 Å². The van der Waals surface area contributed by atoms with Gasteiger partial charge in [0, 0.05) is 18.7 Å². The monoisotopic (exact) mass is 205 g/mol. The van der Waals surface area contributed by atoms with Gasteiger partial charge in [-0.2, -0.15) is 0 Å². The highest BCUT2D eigenvalue weighted by atomic mass is 16.5. The molecule has 1 saturated heterocycles. The summed E-state index contributed by atoms with van der Waals surface area (Å²) in [4.78, 5) is 13.7. The van der Waals surface area contributed by atoms with Gasteiger partial charge in [-0.1, -0.05) is 6.07 Å². The van der Waals surface area contributed by atoms with Gasteiger partial charge in [0.15, 0.2) is 0 Å². The van der Waals surface area contributed by atoms with Crippen LogP contribution in [0.4, 0.5) is 0 Å². The van der Waals surface area contributed by atoms with E-state index in [0.29, 0.717) is 0 Å². The van der Waals surface area contributed by atoms with E-state index in [-0.39, 0.29) is 5.91 Å². The van der Waals surface area contributed by atoms with Gasteiger partial charge in [-0.05, 0) is 31.0 Å². The second-order valence-electron chi connectivity index (χ2n) is 3.83. The van der Waals surface area contributed by atoms with E-state index >= 15 is 0 Å². The molecule has 0 aliphatic carbocycles. The molecule has 0 radical (unpaired) electrons. The number of carbonyl (C=O) groups excluding carboxylic acids is 1. The zero-order valence-electron chi connectivity index (χ0n) is 9.12. The third-order valence-electron chi connectivity index (χ3n) is 2.80. The van der Waals surface area contributed by atoms with Crippen molar-refractivity contribution in [3.05, 3.63) is 29.3 Å². The molecule has 80 valence electrons. The maximum absolute atomic E-state index is 11.9. The van der Waals surface area contributed by atoms with E-state index in [1.807, 2.05) is 30.0 Å². The first kappa shape index (κ1) is 10.0. The standard InChI is InChI=1S/C12H15NO2/c1-9-4-5-10(8-11(9)15-2)12(14)13-6-3-7-13/h4-5,8H,3,6-7H2,1-2H3. The highest BCUT2D eigenvalue weighted by molar-refractivity contribution is 5.95. The number of nitrogens with zero attached hydrogens (tertiary/aromatic N) is 1. The van der Waals surface area contributed by atoms with E-state index in [1.165, 1.54) is 0 Å². The molecule has 1 heterocycles. The molecule has 2 rings (SSSR count). The van der Waals surface area contributed by atoms with Crippen molar-refractivity contribution in [3.63, 3.8) is 0 Å². The summed E-state index contributed by atoms with van der Waals surface area (Å²) in [6.45, 7) is 3.74. The molecule has 0 spiro atoms. The Morgan fingerprint density at radius 1 is 1.40 bits per heavy atom. The third-order valence-corrected chi connectivity index (χ3v) is 2.80. The van der Waals surface area contributed by atoms with Crippen LogP contribution in [-0.4, -0.2) is 31.0 Å². The molecule has 1 aliphatic rings. The van der Waals surface area contributed by atoms with E-state index in [4.69, 9.17) is 4.74 Å². The van der Waals surface area contributed by atoms with Crippen molar-refractivity contribution in [2.24, 2.45) is 0 Å². The Hall–Kier alpha value is -1.51. The highest BCUT2D eigenvalue weighted by Crippen LogP contribution is 2.21. The van der Waals surface area contributed by atoms with Crippen LogP contribution >= 0.6 is 0 Å². The predicted molar refractivity (Wildman–Crippen MR) is 58.3 cm³/mol. The van der Waals surface area contributed by atoms with Crippen molar-refractivity contribution in [2.75, 3.05) is 20.2 Å². The summed E-state index contributed by atoms with van der Waals surface area (Å²) in [5.41, 5.74) is 1.77. The number of amides is 1. The molecule has 0 N–H and O–H groups in total. The Labute approximate surface area is 89.7 Å². The van der Waals surface area contributed by atoms with E-state index in [1.54, 1.807) is 7.11 Å². The van der Waals surface area contributed by atoms with Gasteiger partial charge in [0.2, 0.25) is 0 Å². The Kier molecular flexibility index (Phi) is 2.62. The fraction of sp³-hybridized carbons (Fsp3) is 0.417. The molecule has 0 unspecified atom stereocenters. The van der Waals surface area contributed by atoms with E-state index < -0.39 is 0 Å². The normalized spacial score (nSPS) is 14.7. The fourth-order valence-corrected chi connectivity index (χ4v) is 1.65. The molecule has 0 aromatic heterocycles. The molecule has 1 aromatic rings. The maximum Gasteiger partial charge on any atom is 0.253 e. The first-order chi connectivity index (χ1) is 7.22. The van der Waals surface area contributed by atoms with Crippen LogP contribution in [0, 0.1) is 6.92 Å². The maximum atomic E-state index is 11.9. The van der Waals surface area contributed by atoms with Crippen molar-refractivity contribution in [3.8, 4) is 5.75 Å². The number of methoxy groups -OCH3 is 1. The van der Waals surface area contributed by atoms with Gasteiger partial charge in [0.25, 0.3) is 5.91 Å². The number of carbonyl (C=O) groups is 1. The summed E-state index contributed by atoms with van der Waals surface area (Å²) in [6.07, 6.45) is 1.12. The summed E-state index contributed by atoms with van der Waals surface area (Å²) < 4.78 is 5.20. The number of benzene rings is 1. The lowest BCUT2D eigenvalue weighted by Gasteiger charge is -2.31. The molecule has 3 nitrogen and oxygen atoms in total. The summed E-state index contributed by atoms with van der Waals surface area (Å²) in [5.74, 6) is 0.890. The predicted octanol–water partition coefficient (Wildman–Crippen LogP) is 1.85. The van der Waals surface area contributed by atoms with Gasteiger partial charge in [-0.15, -0.1) is 0 Å². The Morgan fingerprint density at radius 3 is 2.67 bits per heavy atom. The first-order valence-electron chi connectivity index (χ1n) is 5.16. The second kappa shape index (κ2) is 3.93. The van der Waals surface area contributed by atoms with Crippen molar-refractivity contribution >= 4 is 5.91 Å². The van der Waals surface area contributed by atoms with Crippen LogP contribution in [0.15, 0.2) is 18.2 Å². The van der Waals surface area contributed by atoms with Gasteiger partial charge < -0.3 is 9.64 Å². The zero-order valence-corrected chi connectivity index (χ0v) is 9.12. The number of aryl methyl sites for hydroxylation is 1. The summed E-state index contributed by atoms with van der Waals surface area (Å²) in [6, 6.07) is 5.60. The molecular formula is C12H15NO2. The molecule has 1 fully saturated rings. The van der Waals surface area contributed by atoms with Gasteiger partial charge in [0.05, 0.1) is 7.11 Å². The molecular weight excluding hydrogens is 190 g/mol. The Morgan fingerprint density at radius 2 is 2.13 bits per heavy atom. The van der Waals surface area contributed by atoms with Crippen LogP contribution < -0.4 is 4.74 Å². The number of rotatable bonds is 2. The molecule has 1 aliphatic heterocycles. The van der Waals surface area contributed by atoms with Gasteiger partial charge in [-0.3, -0.25) is 4.79 Å². The lowest BCUT2D eigenvalue weighted by atomic mass is 10.1.